The van der Waals surface area contributed by atoms with Crippen LogP contribution in [0.15, 0.2) is 77.5 Å². The Morgan fingerprint density at radius 2 is 1.51 bits per heavy atom. The lowest BCUT2D eigenvalue weighted by molar-refractivity contribution is 0.0884. The van der Waals surface area contributed by atoms with Gasteiger partial charge in [0.05, 0.1) is 18.5 Å². The van der Waals surface area contributed by atoms with Crippen LogP contribution >= 0.6 is 0 Å². The predicted octanol–water partition coefficient (Wildman–Crippen LogP) is 5.72. The third-order valence-electron chi connectivity index (χ3n) is 5.15. The van der Waals surface area contributed by atoms with Gasteiger partial charge in [-0.25, -0.2) is 9.59 Å². The minimum atomic E-state index is -0.883. The van der Waals surface area contributed by atoms with Crippen molar-refractivity contribution in [3.8, 4) is 5.75 Å². The Kier molecular flexibility index (Phi) is 8.06. The van der Waals surface area contributed by atoms with Crippen molar-refractivity contribution in [2.45, 2.75) is 52.7 Å². The molecule has 0 aliphatic carbocycles. The van der Waals surface area contributed by atoms with E-state index in [2.05, 4.69) is 10.6 Å². The van der Waals surface area contributed by atoms with Crippen LogP contribution in [-0.2, 0) is 20.8 Å². The van der Waals surface area contributed by atoms with E-state index in [-0.39, 0.29) is 11.5 Å². The van der Waals surface area contributed by atoms with Gasteiger partial charge in [0.2, 0.25) is 0 Å². The van der Waals surface area contributed by atoms with E-state index in [0.717, 1.165) is 5.56 Å². The lowest BCUT2D eigenvalue weighted by Gasteiger charge is -2.32. The van der Waals surface area contributed by atoms with Crippen LogP contribution in [0.2, 0.25) is 0 Å². The first-order chi connectivity index (χ1) is 16.6. The standard InChI is InChI=1S/C27H32N2O6/c1-17-23(34-25(30)29-27(3,4)5)22(24(18(2)28-17)35-26(31)32-6)20-14-10-11-15-21(20)33-16-19-12-8-7-9-13-19/h7-15,22,28H,16H2,1-6H3,(H,29,30). The summed E-state index contributed by atoms with van der Waals surface area (Å²) < 4.78 is 22.3. The van der Waals surface area contributed by atoms with Crippen LogP contribution in [0, 0.1) is 0 Å². The number of amides is 1. The van der Waals surface area contributed by atoms with Crippen molar-refractivity contribution >= 4 is 12.2 Å². The number of ether oxygens (including phenoxy) is 4. The van der Waals surface area contributed by atoms with Crippen LogP contribution in [0.25, 0.3) is 0 Å². The molecule has 0 fully saturated rings. The molecule has 0 saturated heterocycles. The first-order valence-electron chi connectivity index (χ1n) is 11.3. The van der Waals surface area contributed by atoms with E-state index < -0.39 is 23.7 Å². The number of carbonyl (C=O) groups is 2. The average Bonchev–Trinajstić information content (AvgIpc) is 2.80. The molecule has 1 unspecified atom stereocenters. The average molecular weight is 481 g/mol. The van der Waals surface area contributed by atoms with Crippen LogP contribution < -0.4 is 15.4 Å². The Bertz CT molecular complexity index is 1130. The summed E-state index contributed by atoms with van der Waals surface area (Å²) in [5, 5.41) is 5.93. The topological polar surface area (TPSA) is 95.1 Å². The maximum atomic E-state index is 12.7. The van der Waals surface area contributed by atoms with Gasteiger partial charge >= 0.3 is 12.2 Å². The maximum absolute atomic E-state index is 12.7. The van der Waals surface area contributed by atoms with E-state index in [1.807, 2.05) is 75.4 Å². The molecule has 2 aromatic rings. The van der Waals surface area contributed by atoms with Gasteiger partial charge in [0.15, 0.2) is 0 Å². The fourth-order valence-corrected chi connectivity index (χ4v) is 3.66. The van der Waals surface area contributed by atoms with Gasteiger partial charge in [-0.05, 0) is 46.2 Å². The number of carbonyl (C=O) groups excluding carboxylic acids is 2. The normalized spacial score (nSPS) is 15.8. The zero-order valence-corrected chi connectivity index (χ0v) is 20.9. The Morgan fingerprint density at radius 3 is 2.14 bits per heavy atom. The number of allylic oxidation sites excluding steroid dienone is 2. The fraction of sp³-hybridized carbons (Fsp3) is 0.333. The number of nitrogens with one attached hydrogen (secondary N) is 2. The molecule has 3 rings (SSSR count). The Morgan fingerprint density at radius 1 is 0.914 bits per heavy atom. The van der Waals surface area contributed by atoms with Crippen molar-refractivity contribution in [2.75, 3.05) is 7.11 Å². The molecule has 1 aliphatic rings. The third kappa shape index (κ3) is 6.79. The van der Waals surface area contributed by atoms with Crippen LogP contribution in [-0.4, -0.2) is 24.9 Å². The number of para-hydroxylation sites is 1. The van der Waals surface area contributed by atoms with Gasteiger partial charge < -0.3 is 29.6 Å². The van der Waals surface area contributed by atoms with E-state index >= 15 is 0 Å². The van der Waals surface area contributed by atoms with E-state index in [9.17, 15) is 9.59 Å². The van der Waals surface area contributed by atoms with Crippen molar-refractivity contribution in [3.05, 3.63) is 88.6 Å². The molecular weight excluding hydrogens is 448 g/mol. The highest BCUT2D eigenvalue weighted by molar-refractivity contribution is 5.70. The highest BCUT2D eigenvalue weighted by Crippen LogP contribution is 2.43. The highest BCUT2D eigenvalue weighted by atomic mass is 16.7. The molecule has 2 aromatic carbocycles. The van der Waals surface area contributed by atoms with Gasteiger partial charge in [-0.15, -0.1) is 0 Å². The second kappa shape index (κ2) is 11.0. The zero-order valence-electron chi connectivity index (χ0n) is 20.9. The monoisotopic (exact) mass is 480 g/mol. The SMILES string of the molecule is COC(=O)OC1=C(C)NC(C)=C(OC(=O)NC(C)(C)C)C1c1ccccc1OCc1ccccc1. The molecule has 0 saturated carbocycles. The van der Waals surface area contributed by atoms with Crippen LogP contribution in [0.1, 0.15) is 51.7 Å². The molecule has 2 N–H and O–H groups in total. The minimum Gasteiger partial charge on any atom is -0.489 e. The quantitative estimate of drug-likeness (QED) is 0.510. The number of alkyl carbamates (subject to hydrolysis) is 1. The lowest BCUT2D eigenvalue weighted by Crippen LogP contribution is -2.41. The van der Waals surface area contributed by atoms with Gasteiger partial charge in [-0.1, -0.05) is 48.5 Å². The molecular formula is C27H32N2O6. The Labute approximate surface area is 205 Å². The molecule has 0 spiro atoms. The molecule has 35 heavy (non-hydrogen) atoms. The summed E-state index contributed by atoms with van der Waals surface area (Å²) in [6.07, 6.45) is -1.51. The number of hydrogen-bond acceptors (Lipinski definition) is 7. The van der Waals surface area contributed by atoms with Crippen LogP contribution in [0.3, 0.4) is 0 Å². The van der Waals surface area contributed by atoms with Gasteiger partial charge in [0.1, 0.15) is 29.8 Å². The van der Waals surface area contributed by atoms with Crippen molar-refractivity contribution < 1.29 is 28.5 Å². The lowest BCUT2D eigenvalue weighted by atomic mass is 9.90. The summed E-state index contributed by atoms with van der Waals surface area (Å²) >= 11 is 0. The molecule has 186 valence electrons. The van der Waals surface area contributed by atoms with Gasteiger partial charge in [0, 0.05) is 11.1 Å². The number of rotatable bonds is 6. The molecule has 8 heteroatoms. The van der Waals surface area contributed by atoms with E-state index in [0.29, 0.717) is 29.3 Å². The summed E-state index contributed by atoms with van der Waals surface area (Å²) in [7, 11) is 1.23. The van der Waals surface area contributed by atoms with E-state index in [4.69, 9.17) is 18.9 Å². The molecule has 0 aromatic heterocycles. The van der Waals surface area contributed by atoms with Crippen LogP contribution in [0.5, 0.6) is 5.75 Å². The fourth-order valence-electron chi connectivity index (χ4n) is 3.66. The predicted molar refractivity (Wildman–Crippen MR) is 131 cm³/mol. The summed E-state index contributed by atoms with van der Waals surface area (Å²) in [5.74, 6) is 0.351. The van der Waals surface area contributed by atoms with Crippen molar-refractivity contribution in [3.63, 3.8) is 0 Å². The third-order valence-corrected chi connectivity index (χ3v) is 5.15. The second-order valence-corrected chi connectivity index (χ2v) is 9.17. The second-order valence-electron chi connectivity index (χ2n) is 9.17. The summed E-state index contributed by atoms with van der Waals surface area (Å²) in [6.45, 7) is 9.47. The molecule has 0 bridgehead atoms. The highest BCUT2D eigenvalue weighted by Gasteiger charge is 2.37. The number of hydrogen-bond donors (Lipinski definition) is 2. The molecule has 1 aliphatic heterocycles. The van der Waals surface area contributed by atoms with Gasteiger partial charge in [-0.2, -0.15) is 0 Å². The summed E-state index contributed by atoms with van der Waals surface area (Å²) in [4.78, 5) is 24.9. The van der Waals surface area contributed by atoms with Gasteiger partial charge in [-0.3, -0.25) is 0 Å². The zero-order chi connectivity index (χ0) is 25.6. The Balaban J connectivity index is 2.03. The Hall–Kier alpha value is -3.94. The molecule has 8 nitrogen and oxygen atoms in total. The number of methoxy groups -OCH3 is 1. The van der Waals surface area contributed by atoms with Crippen molar-refractivity contribution in [2.24, 2.45) is 0 Å². The van der Waals surface area contributed by atoms with Crippen molar-refractivity contribution in [1.82, 2.24) is 10.6 Å². The smallest absolute Gasteiger partial charge is 0.489 e. The largest absolute Gasteiger partial charge is 0.513 e. The molecule has 0 radical (unpaired) electrons. The van der Waals surface area contributed by atoms with Crippen molar-refractivity contribution in [1.29, 1.82) is 0 Å². The first-order valence-corrected chi connectivity index (χ1v) is 11.3. The minimum absolute atomic E-state index is 0.247. The van der Waals surface area contributed by atoms with E-state index in [1.165, 1.54) is 7.11 Å². The first kappa shape index (κ1) is 25.7. The summed E-state index contributed by atoms with van der Waals surface area (Å²) in [6, 6.07) is 17.1. The maximum Gasteiger partial charge on any atom is 0.513 e. The molecule has 1 heterocycles. The molecule has 1 atom stereocenters. The molecule has 1 amide bonds. The number of dihydropyridines is 1. The number of benzene rings is 2. The van der Waals surface area contributed by atoms with Gasteiger partial charge in [0.25, 0.3) is 0 Å². The van der Waals surface area contributed by atoms with Crippen LogP contribution in [0.4, 0.5) is 9.59 Å². The summed E-state index contributed by atoms with van der Waals surface area (Å²) in [5.41, 5.74) is 2.35. The van der Waals surface area contributed by atoms with E-state index in [1.54, 1.807) is 13.8 Å².